The van der Waals surface area contributed by atoms with Crippen LogP contribution in [0.4, 0.5) is 0 Å². The largest absolute Gasteiger partial charge is 0.392 e. The van der Waals surface area contributed by atoms with Crippen molar-refractivity contribution in [3.05, 3.63) is 0 Å². The Kier molecular flexibility index (Phi) is 18.2. The smallest absolute Gasteiger partial charge is 0.0667 e. The predicted octanol–water partition coefficient (Wildman–Crippen LogP) is 6.17. The van der Waals surface area contributed by atoms with Crippen molar-refractivity contribution in [3.8, 4) is 0 Å². The fraction of sp³-hybridized carbons (Fsp3) is 1.00. The molecule has 0 aliphatic carbocycles. The van der Waals surface area contributed by atoms with Gasteiger partial charge in [0.1, 0.15) is 0 Å². The topological polar surface area (TPSA) is 23.5 Å². The lowest BCUT2D eigenvalue weighted by atomic mass is 10.1. The molecule has 1 atom stereocenters. The summed E-state index contributed by atoms with van der Waals surface area (Å²) in [6.07, 6.45) is 18.0. The van der Waals surface area contributed by atoms with Crippen molar-refractivity contribution in [1.29, 1.82) is 0 Å². The van der Waals surface area contributed by atoms with Crippen LogP contribution in [0, 0.1) is 0 Å². The fourth-order valence-corrected chi connectivity index (χ4v) is 3.19. The monoisotopic (exact) mass is 327 g/mol. The molecule has 0 saturated heterocycles. The van der Waals surface area contributed by atoms with Gasteiger partial charge in [0.25, 0.3) is 0 Å². The van der Waals surface area contributed by atoms with Gasteiger partial charge in [0, 0.05) is 6.54 Å². The van der Waals surface area contributed by atoms with Crippen molar-refractivity contribution >= 4 is 0 Å². The molecule has 0 spiro atoms. The maximum atomic E-state index is 10.3. The van der Waals surface area contributed by atoms with Crippen LogP contribution in [0.25, 0.3) is 0 Å². The van der Waals surface area contributed by atoms with Gasteiger partial charge in [0.15, 0.2) is 0 Å². The molecule has 0 bridgehead atoms. The van der Waals surface area contributed by atoms with Crippen molar-refractivity contribution in [1.82, 2.24) is 4.90 Å². The predicted molar refractivity (Wildman–Crippen MR) is 104 cm³/mol. The highest BCUT2D eigenvalue weighted by Crippen LogP contribution is 2.11. The third kappa shape index (κ3) is 16.6. The number of aliphatic hydroxyl groups is 1. The van der Waals surface area contributed by atoms with Crippen LogP contribution < -0.4 is 0 Å². The Morgan fingerprint density at radius 1 is 0.609 bits per heavy atom. The fourth-order valence-electron chi connectivity index (χ4n) is 3.19. The molecule has 0 fully saturated rings. The molecule has 0 aromatic rings. The number of hydrogen-bond acceptors (Lipinski definition) is 2. The van der Waals surface area contributed by atoms with Crippen molar-refractivity contribution in [2.24, 2.45) is 0 Å². The summed E-state index contributed by atoms with van der Waals surface area (Å²) in [6, 6.07) is 0. The molecule has 1 N–H and O–H groups in total. The molecule has 0 aliphatic heterocycles. The van der Waals surface area contributed by atoms with Crippen LogP contribution >= 0.6 is 0 Å². The summed E-state index contributed by atoms with van der Waals surface area (Å²) < 4.78 is 0. The van der Waals surface area contributed by atoms with Gasteiger partial charge in [-0.05, 0) is 32.4 Å². The van der Waals surface area contributed by atoms with Crippen molar-refractivity contribution in [2.75, 3.05) is 19.6 Å². The van der Waals surface area contributed by atoms with Crippen molar-refractivity contribution in [2.45, 2.75) is 117 Å². The SMILES string of the molecule is CCCCCCCCCC(O)CN(CCCCC)CCCCC. The van der Waals surface area contributed by atoms with Gasteiger partial charge in [-0.25, -0.2) is 0 Å². The highest BCUT2D eigenvalue weighted by atomic mass is 16.3. The number of aliphatic hydroxyl groups excluding tert-OH is 1. The molecule has 0 radical (unpaired) electrons. The zero-order valence-corrected chi connectivity index (χ0v) is 16.5. The van der Waals surface area contributed by atoms with Gasteiger partial charge >= 0.3 is 0 Å². The number of nitrogens with zero attached hydrogens (tertiary/aromatic N) is 1. The molecule has 2 nitrogen and oxygen atoms in total. The van der Waals surface area contributed by atoms with E-state index in [-0.39, 0.29) is 6.10 Å². The average molecular weight is 328 g/mol. The quantitative estimate of drug-likeness (QED) is 0.304. The first-order valence-electron chi connectivity index (χ1n) is 10.6. The molecule has 0 saturated carbocycles. The minimum absolute atomic E-state index is 0.117. The second-order valence-corrected chi connectivity index (χ2v) is 7.28. The van der Waals surface area contributed by atoms with Gasteiger partial charge in [-0.15, -0.1) is 0 Å². The number of hydrogen-bond donors (Lipinski definition) is 1. The van der Waals surface area contributed by atoms with Crippen LogP contribution in [-0.2, 0) is 0 Å². The van der Waals surface area contributed by atoms with Gasteiger partial charge in [-0.3, -0.25) is 0 Å². The van der Waals surface area contributed by atoms with E-state index in [0.29, 0.717) is 0 Å². The van der Waals surface area contributed by atoms with E-state index in [1.807, 2.05) is 0 Å². The lowest BCUT2D eigenvalue weighted by molar-refractivity contribution is 0.101. The van der Waals surface area contributed by atoms with Crippen LogP contribution in [0.1, 0.15) is 111 Å². The maximum Gasteiger partial charge on any atom is 0.0667 e. The Bertz CT molecular complexity index is 210. The van der Waals surface area contributed by atoms with Crippen LogP contribution in [-0.4, -0.2) is 35.7 Å². The van der Waals surface area contributed by atoms with E-state index in [9.17, 15) is 5.11 Å². The molecule has 2 heteroatoms. The van der Waals surface area contributed by atoms with Gasteiger partial charge < -0.3 is 10.0 Å². The highest BCUT2D eigenvalue weighted by Gasteiger charge is 2.11. The first-order valence-corrected chi connectivity index (χ1v) is 10.6. The summed E-state index contributed by atoms with van der Waals surface area (Å²) in [5.74, 6) is 0. The molecule has 0 rings (SSSR count). The molecule has 0 amide bonds. The lowest BCUT2D eigenvalue weighted by Gasteiger charge is -2.25. The summed E-state index contributed by atoms with van der Waals surface area (Å²) in [6.45, 7) is 10.0. The van der Waals surface area contributed by atoms with Gasteiger partial charge in [0.2, 0.25) is 0 Å². The van der Waals surface area contributed by atoms with Crippen LogP contribution in [0.5, 0.6) is 0 Å². The molecule has 0 aromatic heterocycles. The Morgan fingerprint density at radius 3 is 1.57 bits per heavy atom. The first-order chi connectivity index (χ1) is 11.2. The third-order valence-corrected chi connectivity index (χ3v) is 4.77. The van der Waals surface area contributed by atoms with Crippen LogP contribution in [0.3, 0.4) is 0 Å². The Labute approximate surface area is 147 Å². The zero-order valence-electron chi connectivity index (χ0n) is 16.5. The molecule has 0 aromatic carbocycles. The molecule has 0 aliphatic rings. The van der Waals surface area contributed by atoms with Crippen molar-refractivity contribution in [3.63, 3.8) is 0 Å². The second-order valence-electron chi connectivity index (χ2n) is 7.28. The molecular weight excluding hydrogens is 282 g/mol. The minimum atomic E-state index is -0.117. The second kappa shape index (κ2) is 18.3. The van der Waals surface area contributed by atoms with E-state index in [1.54, 1.807) is 0 Å². The lowest BCUT2D eigenvalue weighted by Crippen LogP contribution is -2.34. The Hall–Kier alpha value is -0.0800. The van der Waals surface area contributed by atoms with E-state index in [4.69, 9.17) is 0 Å². The molecular formula is C21H45NO. The van der Waals surface area contributed by atoms with E-state index in [0.717, 1.165) is 13.0 Å². The summed E-state index contributed by atoms with van der Waals surface area (Å²) in [4.78, 5) is 2.51. The maximum absolute atomic E-state index is 10.3. The summed E-state index contributed by atoms with van der Waals surface area (Å²) in [5.41, 5.74) is 0. The summed E-state index contributed by atoms with van der Waals surface area (Å²) in [5, 5.41) is 10.3. The molecule has 1 unspecified atom stereocenters. The number of rotatable bonds is 18. The number of unbranched alkanes of at least 4 members (excludes halogenated alkanes) is 10. The Balaban J connectivity index is 3.75. The standard InChI is InChI=1S/C21H45NO/c1-4-7-10-11-12-13-14-17-21(23)20-22(18-15-8-5-2)19-16-9-6-3/h21,23H,4-20H2,1-3H3. The van der Waals surface area contributed by atoms with E-state index < -0.39 is 0 Å². The highest BCUT2D eigenvalue weighted by molar-refractivity contribution is 4.66. The third-order valence-electron chi connectivity index (χ3n) is 4.77. The minimum Gasteiger partial charge on any atom is -0.392 e. The van der Waals surface area contributed by atoms with E-state index in [2.05, 4.69) is 25.7 Å². The Morgan fingerprint density at radius 2 is 1.04 bits per heavy atom. The summed E-state index contributed by atoms with van der Waals surface area (Å²) in [7, 11) is 0. The molecule has 23 heavy (non-hydrogen) atoms. The van der Waals surface area contributed by atoms with Gasteiger partial charge in [0.05, 0.1) is 6.10 Å². The summed E-state index contributed by atoms with van der Waals surface area (Å²) >= 11 is 0. The average Bonchev–Trinajstić information content (AvgIpc) is 2.54. The van der Waals surface area contributed by atoms with Gasteiger partial charge in [-0.1, -0.05) is 91.4 Å². The zero-order chi connectivity index (χ0) is 17.2. The van der Waals surface area contributed by atoms with E-state index >= 15 is 0 Å². The normalized spacial score (nSPS) is 12.9. The molecule has 140 valence electrons. The first kappa shape index (κ1) is 22.9. The van der Waals surface area contributed by atoms with Crippen LogP contribution in [0.15, 0.2) is 0 Å². The van der Waals surface area contributed by atoms with E-state index in [1.165, 1.54) is 96.6 Å². The van der Waals surface area contributed by atoms with Crippen LogP contribution in [0.2, 0.25) is 0 Å². The van der Waals surface area contributed by atoms with Crippen molar-refractivity contribution < 1.29 is 5.11 Å². The molecule has 0 heterocycles. The van der Waals surface area contributed by atoms with Gasteiger partial charge in [-0.2, -0.15) is 0 Å².